The number of rotatable bonds is 7. The number of phenols is 2. The van der Waals surface area contributed by atoms with Crippen LogP contribution in [0.4, 0.5) is 0 Å². The molecule has 160 valence electrons. The first-order valence-electron chi connectivity index (χ1n) is 9.97. The van der Waals surface area contributed by atoms with Crippen LogP contribution in [0.15, 0.2) is 42.5 Å². The van der Waals surface area contributed by atoms with Crippen molar-refractivity contribution in [3.05, 3.63) is 59.2 Å². The summed E-state index contributed by atoms with van der Waals surface area (Å²) in [5, 5.41) is 35.6. The number of ether oxygens (including phenoxy) is 1. The molecular formula is C23H28N2O5. The van der Waals surface area contributed by atoms with E-state index in [0.29, 0.717) is 17.7 Å². The van der Waals surface area contributed by atoms with Crippen molar-refractivity contribution in [2.45, 2.75) is 31.5 Å². The number of hydrogen-bond donors (Lipinski definition) is 5. The second-order valence-electron chi connectivity index (χ2n) is 7.37. The number of hydrogen-bond acceptors (Lipinski definition) is 7. The van der Waals surface area contributed by atoms with Gasteiger partial charge in [-0.2, -0.15) is 0 Å². The van der Waals surface area contributed by atoms with E-state index < -0.39 is 0 Å². The van der Waals surface area contributed by atoms with Crippen LogP contribution in [0.5, 0.6) is 17.2 Å². The number of carbonyl (C=O) groups is 1. The topological polar surface area (TPSA) is 111 Å². The van der Waals surface area contributed by atoms with Crippen LogP contribution in [0.25, 0.3) is 6.08 Å². The first-order valence-corrected chi connectivity index (χ1v) is 9.97. The van der Waals surface area contributed by atoms with Gasteiger partial charge in [-0.3, -0.25) is 4.79 Å². The van der Waals surface area contributed by atoms with E-state index in [2.05, 4.69) is 10.6 Å². The number of aliphatic hydroxyl groups excluding tert-OH is 1. The molecule has 1 heterocycles. The number of phenolic OH excluding ortho intramolecular Hbond substituents is 1. The third-order valence-corrected chi connectivity index (χ3v) is 5.26. The lowest BCUT2D eigenvalue weighted by Gasteiger charge is -2.21. The van der Waals surface area contributed by atoms with Crippen LogP contribution in [0.1, 0.15) is 35.6 Å². The van der Waals surface area contributed by atoms with Crippen molar-refractivity contribution in [3.8, 4) is 17.2 Å². The van der Waals surface area contributed by atoms with Crippen molar-refractivity contribution >= 4 is 11.9 Å². The lowest BCUT2D eigenvalue weighted by atomic mass is 9.96. The molecule has 7 nitrogen and oxygen atoms in total. The van der Waals surface area contributed by atoms with Crippen LogP contribution in [0.3, 0.4) is 0 Å². The van der Waals surface area contributed by atoms with Gasteiger partial charge >= 0.3 is 0 Å². The minimum atomic E-state index is -0.260. The molecule has 2 atom stereocenters. The van der Waals surface area contributed by atoms with Gasteiger partial charge in [0.05, 0.1) is 13.7 Å². The van der Waals surface area contributed by atoms with E-state index in [0.717, 1.165) is 30.6 Å². The van der Waals surface area contributed by atoms with Crippen LogP contribution in [-0.4, -0.2) is 47.3 Å². The molecule has 3 rings (SSSR count). The first-order chi connectivity index (χ1) is 14.5. The molecule has 1 aliphatic heterocycles. The summed E-state index contributed by atoms with van der Waals surface area (Å²) >= 11 is 0. The summed E-state index contributed by atoms with van der Waals surface area (Å²) < 4.78 is 5.21. The van der Waals surface area contributed by atoms with Crippen molar-refractivity contribution < 1.29 is 24.9 Å². The van der Waals surface area contributed by atoms with Crippen molar-refractivity contribution in [1.82, 2.24) is 10.6 Å². The average Bonchev–Trinajstić information content (AvgIpc) is 2.99. The van der Waals surface area contributed by atoms with Crippen LogP contribution in [0.2, 0.25) is 0 Å². The van der Waals surface area contributed by atoms with Gasteiger partial charge in [-0.15, -0.1) is 0 Å². The van der Waals surface area contributed by atoms with Gasteiger partial charge in [-0.25, -0.2) is 0 Å². The molecule has 0 spiro atoms. The molecule has 0 aliphatic carbocycles. The van der Waals surface area contributed by atoms with Gasteiger partial charge in [-0.1, -0.05) is 18.2 Å². The largest absolute Gasteiger partial charge is 0.508 e. The lowest BCUT2D eigenvalue weighted by Crippen LogP contribution is -2.31. The normalized spacial score (nSPS) is 19.5. The minimum absolute atomic E-state index is 0.00457. The van der Waals surface area contributed by atoms with Gasteiger partial charge in [-0.05, 0) is 47.9 Å². The Morgan fingerprint density at radius 2 is 1.90 bits per heavy atom. The summed E-state index contributed by atoms with van der Waals surface area (Å²) in [6.45, 7) is 1.26. The molecule has 7 heteroatoms. The van der Waals surface area contributed by atoms with Crippen LogP contribution in [0, 0.1) is 0 Å². The Bertz CT molecular complexity index is 912. The molecule has 0 bridgehead atoms. The van der Waals surface area contributed by atoms with Crippen LogP contribution in [-0.2, 0) is 11.4 Å². The van der Waals surface area contributed by atoms with Crippen molar-refractivity contribution in [2.75, 3.05) is 20.2 Å². The summed E-state index contributed by atoms with van der Waals surface area (Å²) in [4.78, 5) is 12.5. The second kappa shape index (κ2) is 10.2. The molecule has 2 aromatic rings. The number of allylic oxidation sites excluding steroid dienone is 1. The third-order valence-electron chi connectivity index (χ3n) is 5.26. The monoisotopic (exact) mass is 412 g/mol. The second-order valence-corrected chi connectivity index (χ2v) is 7.37. The number of benzene rings is 2. The van der Waals surface area contributed by atoms with E-state index in [1.807, 2.05) is 12.1 Å². The molecule has 1 aliphatic rings. The van der Waals surface area contributed by atoms with E-state index in [9.17, 15) is 20.1 Å². The molecule has 0 aromatic heterocycles. The number of methoxy groups -OCH3 is 1. The highest BCUT2D eigenvalue weighted by Gasteiger charge is 2.23. The molecule has 2 aromatic carbocycles. The predicted octanol–water partition coefficient (Wildman–Crippen LogP) is 2.26. The summed E-state index contributed by atoms with van der Waals surface area (Å²) in [5.74, 6) is 0.560. The highest BCUT2D eigenvalue weighted by molar-refractivity contribution is 5.94. The summed E-state index contributed by atoms with van der Waals surface area (Å²) in [5.41, 5.74) is 2.17. The maximum Gasteiger partial charge on any atom is 0.160 e. The number of aliphatic hydroxyl groups is 1. The van der Waals surface area contributed by atoms with E-state index in [-0.39, 0.29) is 36.0 Å². The van der Waals surface area contributed by atoms with Gasteiger partial charge < -0.3 is 30.7 Å². The molecule has 5 N–H and O–H groups in total. The number of aromatic hydroxyl groups is 2. The molecule has 30 heavy (non-hydrogen) atoms. The Morgan fingerprint density at radius 1 is 1.13 bits per heavy atom. The predicted molar refractivity (Wildman–Crippen MR) is 114 cm³/mol. The minimum Gasteiger partial charge on any atom is -0.508 e. The van der Waals surface area contributed by atoms with Crippen LogP contribution < -0.4 is 15.4 Å². The Balaban J connectivity index is 1.64. The van der Waals surface area contributed by atoms with E-state index in [1.54, 1.807) is 24.3 Å². The van der Waals surface area contributed by atoms with Gasteiger partial charge in [0.1, 0.15) is 5.75 Å². The van der Waals surface area contributed by atoms with Crippen molar-refractivity contribution in [1.29, 1.82) is 0 Å². The number of carbonyl (C=O) groups excluding carboxylic acids is 1. The van der Waals surface area contributed by atoms with Gasteiger partial charge in [0.15, 0.2) is 17.3 Å². The van der Waals surface area contributed by atoms with E-state index in [4.69, 9.17) is 4.74 Å². The molecule has 0 saturated carbocycles. The number of nitrogens with one attached hydrogen (secondary N) is 2. The number of ketones is 1. The Morgan fingerprint density at radius 3 is 2.67 bits per heavy atom. The van der Waals surface area contributed by atoms with E-state index >= 15 is 0 Å². The highest BCUT2D eigenvalue weighted by Crippen LogP contribution is 2.31. The standard InChI is InChI=1S/C23H28N2O5/c1-30-23-11-16(4-7-22(23)29)20-13-18(24-8-9-25-20)12-19(27)5-2-15-3-6-21(28)17(10-15)14-26/h2-7,10-11,18,20,24-26,28-29H,8-9,12-14H2,1H3/b5-2+. The zero-order chi connectivity index (χ0) is 21.5. The molecule has 0 amide bonds. The maximum absolute atomic E-state index is 12.5. The summed E-state index contributed by atoms with van der Waals surface area (Å²) in [6, 6.07) is 10.2. The van der Waals surface area contributed by atoms with Gasteiger partial charge in [0.25, 0.3) is 0 Å². The van der Waals surface area contributed by atoms with Crippen LogP contribution >= 0.6 is 0 Å². The SMILES string of the molecule is COc1cc(C2CC(CC(=O)/C=C/c3ccc(O)c(CO)c3)NCCN2)ccc1O. The zero-order valence-corrected chi connectivity index (χ0v) is 17.0. The average molecular weight is 412 g/mol. The Hall–Kier alpha value is -2.87. The smallest absolute Gasteiger partial charge is 0.160 e. The summed E-state index contributed by atoms with van der Waals surface area (Å²) in [6.07, 6.45) is 4.31. The van der Waals surface area contributed by atoms with Gasteiger partial charge in [0.2, 0.25) is 0 Å². The molecule has 1 fully saturated rings. The van der Waals surface area contributed by atoms with Crippen molar-refractivity contribution in [3.63, 3.8) is 0 Å². The highest BCUT2D eigenvalue weighted by atomic mass is 16.5. The first kappa shape index (κ1) is 21.8. The fourth-order valence-electron chi connectivity index (χ4n) is 3.63. The van der Waals surface area contributed by atoms with Crippen molar-refractivity contribution in [2.24, 2.45) is 0 Å². The Kier molecular flexibility index (Phi) is 7.46. The van der Waals surface area contributed by atoms with E-state index in [1.165, 1.54) is 19.3 Å². The third kappa shape index (κ3) is 5.60. The fourth-order valence-corrected chi connectivity index (χ4v) is 3.63. The fraction of sp³-hybridized carbons (Fsp3) is 0.348. The molecular weight excluding hydrogens is 384 g/mol. The quantitative estimate of drug-likeness (QED) is 0.444. The summed E-state index contributed by atoms with van der Waals surface area (Å²) in [7, 11) is 1.52. The lowest BCUT2D eigenvalue weighted by molar-refractivity contribution is -0.115. The van der Waals surface area contributed by atoms with Gasteiger partial charge in [0, 0.05) is 37.2 Å². The maximum atomic E-state index is 12.5. The molecule has 1 saturated heterocycles. The molecule has 0 radical (unpaired) electrons. The molecule has 2 unspecified atom stereocenters. The Labute approximate surface area is 176 Å². The zero-order valence-electron chi connectivity index (χ0n) is 17.0.